The van der Waals surface area contributed by atoms with Crippen LogP contribution in [0.1, 0.15) is 12.8 Å². The molecule has 11 heavy (non-hydrogen) atoms. The van der Waals surface area contributed by atoms with Crippen molar-refractivity contribution >= 4 is 0 Å². The van der Waals surface area contributed by atoms with E-state index >= 15 is 0 Å². The van der Waals surface area contributed by atoms with E-state index < -0.39 is 0 Å². The van der Waals surface area contributed by atoms with Gasteiger partial charge in [-0.05, 0) is 18.8 Å². The SMILES string of the molecule is COC[C@H](N)[C@@H]1CCCOC1. The summed E-state index contributed by atoms with van der Waals surface area (Å²) in [6, 6.07) is 0.153. The summed E-state index contributed by atoms with van der Waals surface area (Å²) in [6.07, 6.45) is 2.33. The van der Waals surface area contributed by atoms with Crippen molar-refractivity contribution in [3.63, 3.8) is 0 Å². The molecular weight excluding hydrogens is 142 g/mol. The van der Waals surface area contributed by atoms with E-state index in [-0.39, 0.29) is 6.04 Å². The minimum absolute atomic E-state index is 0.153. The van der Waals surface area contributed by atoms with Gasteiger partial charge in [0.05, 0.1) is 13.2 Å². The lowest BCUT2D eigenvalue weighted by Gasteiger charge is -2.26. The summed E-state index contributed by atoms with van der Waals surface area (Å²) in [5, 5.41) is 0. The largest absolute Gasteiger partial charge is 0.383 e. The van der Waals surface area contributed by atoms with Crippen LogP contribution in [0.25, 0.3) is 0 Å². The summed E-state index contributed by atoms with van der Waals surface area (Å²) in [5.74, 6) is 0.503. The van der Waals surface area contributed by atoms with E-state index in [9.17, 15) is 0 Å². The van der Waals surface area contributed by atoms with Crippen molar-refractivity contribution < 1.29 is 9.47 Å². The maximum atomic E-state index is 5.85. The second kappa shape index (κ2) is 4.70. The summed E-state index contributed by atoms with van der Waals surface area (Å²) >= 11 is 0. The third-order valence-corrected chi connectivity index (χ3v) is 2.16. The zero-order chi connectivity index (χ0) is 8.10. The van der Waals surface area contributed by atoms with Crippen LogP contribution in [0.2, 0.25) is 0 Å². The second-order valence-corrected chi connectivity index (χ2v) is 3.10. The highest BCUT2D eigenvalue weighted by Gasteiger charge is 2.20. The van der Waals surface area contributed by atoms with Crippen molar-refractivity contribution in [2.24, 2.45) is 11.7 Å². The number of nitrogens with two attached hydrogens (primary N) is 1. The predicted octanol–water partition coefficient (Wildman–Crippen LogP) is 0.387. The molecule has 3 heteroatoms. The molecule has 0 aromatic heterocycles. The van der Waals surface area contributed by atoms with Gasteiger partial charge in [0.1, 0.15) is 0 Å². The van der Waals surface area contributed by atoms with E-state index in [1.165, 1.54) is 6.42 Å². The summed E-state index contributed by atoms with van der Waals surface area (Å²) in [7, 11) is 1.68. The van der Waals surface area contributed by atoms with Crippen molar-refractivity contribution in [3.05, 3.63) is 0 Å². The molecular formula is C8H17NO2. The van der Waals surface area contributed by atoms with Crippen molar-refractivity contribution in [2.75, 3.05) is 26.9 Å². The summed E-state index contributed by atoms with van der Waals surface area (Å²) in [4.78, 5) is 0. The highest BCUT2D eigenvalue weighted by Crippen LogP contribution is 2.15. The second-order valence-electron chi connectivity index (χ2n) is 3.10. The Hall–Kier alpha value is -0.120. The van der Waals surface area contributed by atoms with E-state index in [2.05, 4.69) is 0 Å². The molecule has 1 heterocycles. The van der Waals surface area contributed by atoms with Gasteiger partial charge in [-0.1, -0.05) is 0 Å². The van der Waals surface area contributed by atoms with Gasteiger partial charge in [0.15, 0.2) is 0 Å². The van der Waals surface area contributed by atoms with Gasteiger partial charge < -0.3 is 15.2 Å². The molecule has 0 amide bonds. The van der Waals surface area contributed by atoms with Crippen LogP contribution in [0, 0.1) is 5.92 Å². The lowest BCUT2D eigenvalue weighted by molar-refractivity contribution is 0.0305. The monoisotopic (exact) mass is 159 g/mol. The van der Waals surface area contributed by atoms with E-state index in [1.807, 2.05) is 0 Å². The van der Waals surface area contributed by atoms with Crippen LogP contribution in [-0.2, 0) is 9.47 Å². The Morgan fingerprint density at radius 1 is 1.73 bits per heavy atom. The molecule has 1 saturated heterocycles. The molecule has 0 spiro atoms. The Bertz CT molecular complexity index is 102. The molecule has 66 valence electrons. The molecule has 0 aromatic rings. The van der Waals surface area contributed by atoms with Gasteiger partial charge in [-0.25, -0.2) is 0 Å². The molecule has 0 aromatic carbocycles. The van der Waals surface area contributed by atoms with Crippen LogP contribution >= 0.6 is 0 Å². The van der Waals surface area contributed by atoms with Gasteiger partial charge >= 0.3 is 0 Å². The van der Waals surface area contributed by atoms with Crippen molar-refractivity contribution in [1.29, 1.82) is 0 Å². The Kier molecular flexibility index (Phi) is 3.83. The zero-order valence-electron chi connectivity index (χ0n) is 7.08. The molecule has 0 radical (unpaired) electrons. The molecule has 1 aliphatic rings. The van der Waals surface area contributed by atoms with Crippen LogP contribution in [0.4, 0.5) is 0 Å². The minimum atomic E-state index is 0.153. The fraction of sp³-hybridized carbons (Fsp3) is 1.00. The van der Waals surface area contributed by atoms with Gasteiger partial charge in [-0.3, -0.25) is 0 Å². The number of rotatable bonds is 3. The zero-order valence-corrected chi connectivity index (χ0v) is 7.08. The first kappa shape index (κ1) is 8.97. The van der Waals surface area contributed by atoms with Crippen molar-refractivity contribution in [2.45, 2.75) is 18.9 Å². The van der Waals surface area contributed by atoms with Crippen LogP contribution < -0.4 is 5.73 Å². The quantitative estimate of drug-likeness (QED) is 0.647. The van der Waals surface area contributed by atoms with Crippen molar-refractivity contribution in [1.82, 2.24) is 0 Å². The van der Waals surface area contributed by atoms with Gasteiger partial charge in [0.2, 0.25) is 0 Å². The molecule has 1 fully saturated rings. The van der Waals surface area contributed by atoms with Crippen LogP contribution in [-0.4, -0.2) is 33.0 Å². The first-order chi connectivity index (χ1) is 5.34. The maximum Gasteiger partial charge on any atom is 0.0617 e. The predicted molar refractivity (Wildman–Crippen MR) is 43.4 cm³/mol. The molecule has 2 N–H and O–H groups in total. The molecule has 0 aliphatic carbocycles. The molecule has 0 bridgehead atoms. The smallest absolute Gasteiger partial charge is 0.0617 e. The molecule has 0 unspecified atom stereocenters. The summed E-state index contributed by atoms with van der Waals surface area (Å²) < 4.78 is 10.3. The molecule has 0 saturated carbocycles. The lowest BCUT2D eigenvalue weighted by Crippen LogP contribution is -2.38. The minimum Gasteiger partial charge on any atom is -0.383 e. The highest BCUT2D eigenvalue weighted by atomic mass is 16.5. The van der Waals surface area contributed by atoms with E-state index in [0.717, 1.165) is 19.6 Å². The average molecular weight is 159 g/mol. The van der Waals surface area contributed by atoms with Crippen LogP contribution in [0.5, 0.6) is 0 Å². The first-order valence-corrected chi connectivity index (χ1v) is 4.17. The number of hydrogen-bond donors (Lipinski definition) is 1. The standard InChI is InChI=1S/C8H17NO2/c1-10-6-8(9)7-3-2-4-11-5-7/h7-8H,2-6,9H2,1H3/t7-,8+/m1/s1. The van der Waals surface area contributed by atoms with E-state index in [0.29, 0.717) is 12.5 Å². The average Bonchev–Trinajstić information content (AvgIpc) is 2.07. The fourth-order valence-electron chi connectivity index (χ4n) is 1.43. The maximum absolute atomic E-state index is 5.85. The van der Waals surface area contributed by atoms with Gasteiger partial charge in [0.25, 0.3) is 0 Å². The fourth-order valence-corrected chi connectivity index (χ4v) is 1.43. The van der Waals surface area contributed by atoms with E-state index in [1.54, 1.807) is 7.11 Å². The Balaban J connectivity index is 2.21. The lowest BCUT2D eigenvalue weighted by atomic mass is 9.95. The Morgan fingerprint density at radius 2 is 2.55 bits per heavy atom. The number of hydrogen-bond acceptors (Lipinski definition) is 3. The highest BCUT2D eigenvalue weighted by molar-refractivity contribution is 4.74. The Labute approximate surface area is 67.9 Å². The molecule has 2 atom stereocenters. The van der Waals surface area contributed by atoms with Gasteiger partial charge in [0, 0.05) is 19.8 Å². The van der Waals surface area contributed by atoms with E-state index in [4.69, 9.17) is 15.2 Å². The van der Waals surface area contributed by atoms with Crippen LogP contribution in [0.3, 0.4) is 0 Å². The van der Waals surface area contributed by atoms with Gasteiger partial charge in [-0.2, -0.15) is 0 Å². The number of ether oxygens (including phenoxy) is 2. The Morgan fingerprint density at radius 3 is 3.09 bits per heavy atom. The summed E-state index contributed by atoms with van der Waals surface area (Å²) in [5.41, 5.74) is 5.85. The first-order valence-electron chi connectivity index (χ1n) is 4.17. The molecule has 3 nitrogen and oxygen atoms in total. The normalized spacial score (nSPS) is 28.4. The van der Waals surface area contributed by atoms with Crippen LogP contribution in [0.15, 0.2) is 0 Å². The molecule has 1 rings (SSSR count). The van der Waals surface area contributed by atoms with Gasteiger partial charge in [-0.15, -0.1) is 0 Å². The number of methoxy groups -OCH3 is 1. The van der Waals surface area contributed by atoms with Crippen molar-refractivity contribution in [3.8, 4) is 0 Å². The topological polar surface area (TPSA) is 44.5 Å². The summed E-state index contributed by atoms with van der Waals surface area (Å²) in [6.45, 7) is 2.36. The third-order valence-electron chi connectivity index (χ3n) is 2.16. The third kappa shape index (κ3) is 2.77. The molecule has 1 aliphatic heterocycles.